The summed E-state index contributed by atoms with van der Waals surface area (Å²) < 4.78 is 5.81. The van der Waals surface area contributed by atoms with Crippen molar-refractivity contribution in [3.05, 3.63) is 112 Å². The van der Waals surface area contributed by atoms with Crippen LogP contribution >= 0.6 is 23.8 Å². The molecule has 5 nitrogen and oxygen atoms in total. The molecular weight excluding hydrogens is 464 g/mol. The number of hydrogen-bond acceptors (Lipinski definition) is 4. The Bertz CT molecular complexity index is 1360. The number of nitrogens with one attached hydrogen (secondary N) is 1. The predicted octanol–water partition coefficient (Wildman–Crippen LogP) is 6.56. The van der Waals surface area contributed by atoms with Gasteiger partial charge in [0.1, 0.15) is 0 Å². The number of halogens is 1. The normalized spacial score (nSPS) is 16.0. The zero-order valence-corrected chi connectivity index (χ0v) is 20.4. The highest BCUT2D eigenvalue weighted by Gasteiger charge is 2.34. The Morgan fingerprint density at radius 3 is 2.41 bits per heavy atom. The van der Waals surface area contributed by atoms with Gasteiger partial charge >= 0.3 is 0 Å². The molecule has 5 rings (SSSR count). The fourth-order valence-corrected chi connectivity index (χ4v) is 4.61. The fraction of sp³-hybridized carbons (Fsp3) is 0.148. The zero-order chi connectivity index (χ0) is 23.7. The van der Waals surface area contributed by atoms with Crippen LogP contribution < -0.4 is 5.32 Å². The third-order valence-corrected chi connectivity index (χ3v) is 6.69. The smallest absolute Gasteiger partial charge is 0.258 e. The van der Waals surface area contributed by atoms with E-state index in [0.29, 0.717) is 28.4 Å². The first-order valence-electron chi connectivity index (χ1n) is 11.0. The summed E-state index contributed by atoms with van der Waals surface area (Å²) in [5.74, 6) is 1.01. The van der Waals surface area contributed by atoms with Crippen LogP contribution in [-0.2, 0) is 6.54 Å². The van der Waals surface area contributed by atoms with Crippen molar-refractivity contribution in [2.45, 2.75) is 26.4 Å². The number of hydrogen-bond donors (Lipinski definition) is 1. The fourth-order valence-electron chi connectivity index (χ4n) is 4.09. The van der Waals surface area contributed by atoms with E-state index in [0.717, 1.165) is 28.0 Å². The standard InChI is InChI=1S/C27H23ClN4OS/c1-17-12-14-20(15-13-17)25-30-26(33-31-25)23-18(2)32(16-21-10-6-7-11-22(21)28)27(34)29-24(23)19-8-4-3-5-9-19/h3-15,24H,16H2,1-2H3,(H,29,34). The van der Waals surface area contributed by atoms with Gasteiger partial charge in [-0.25, -0.2) is 0 Å². The lowest BCUT2D eigenvalue weighted by atomic mass is 9.94. The maximum absolute atomic E-state index is 6.45. The number of aromatic nitrogens is 2. The molecule has 0 radical (unpaired) electrons. The molecule has 1 aromatic heterocycles. The predicted molar refractivity (Wildman–Crippen MR) is 139 cm³/mol. The van der Waals surface area contributed by atoms with Gasteiger partial charge in [-0.1, -0.05) is 95.1 Å². The van der Waals surface area contributed by atoms with Crippen LogP contribution in [0.4, 0.5) is 0 Å². The molecule has 0 saturated carbocycles. The molecule has 1 N–H and O–H groups in total. The van der Waals surface area contributed by atoms with E-state index in [1.807, 2.05) is 85.5 Å². The molecule has 7 heteroatoms. The van der Waals surface area contributed by atoms with Crippen molar-refractivity contribution in [2.75, 3.05) is 0 Å². The van der Waals surface area contributed by atoms with Crippen LogP contribution in [0, 0.1) is 6.92 Å². The number of rotatable bonds is 5. The van der Waals surface area contributed by atoms with E-state index in [2.05, 4.69) is 22.6 Å². The average molecular weight is 487 g/mol. The van der Waals surface area contributed by atoms with Crippen LogP contribution in [0.3, 0.4) is 0 Å². The Morgan fingerprint density at radius 1 is 0.971 bits per heavy atom. The van der Waals surface area contributed by atoms with Crippen LogP contribution in [-0.4, -0.2) is 20.2 Å². The molecule has 1 aliphatic heterocycles. The van der Waals surface area contributed by atoms with E-state index < -0.39 is 0 Å². The molecule has 0 aliphatic carbocycles. The molecule has 1 atom stereocenters. The minimum Gasteiger partial charge on any atom is -0.351 e. The first kappa shape index (κ1) is 22.3. The lowest BCUT2D eigenvalue weighted by Gasteiger charge is -2.37. The molecule has 34 heavy (non-hydrogen) atoms. The Hall–Kier alpha value is -3.48. The highest BCUT2D eigenvalue weighted by atomic mass is 35.5. The van der Waals surface area contributed by atoms with Crippen molar-refractivity contribution >= 4 is 34.5 Å². The monoisotopic (exact) mass is 486 g/mol. The van der Waals surface area contributed by atoms with Crippen molar-refractivity contribution < 1.29 is 4.52 Å². The number of benzene rings is 3. The molecule has 2 heterocycles. The SMILES string of the molecule is CC1=C(c2nc(-c3ccc(C)cc3)no2)C(c2ccccc2)NC(=S)N1Cc1ccccc1Cl. The summed E-state index contributed by atoms with van der Waals surface area (Å²) in [5, 5.41) is 9.08. The van der Waals surface area contributed by atoms with Gasteiger partial charge in [-0.2, -0.15) is 4.98 Å². The third-order valence-electron chi connectivity index (χ3n) is 5.98. The summed E-state index contributed by atoms with van der Waals surface area (Å²) in [5.41, 5.74) is 5.95. The Morgan fingerprint density at radius 2 is 1.68 bits per heavy atom. The number of aryl methyl sites for hydroxylation is 1. The molecular formula is C27H23ClN4OS. The highest BCUT2D eigenvalue weighted by Crippen LogP contribution is 2.38. The summed E-state index contributed by atoms with van der Waals surface area (Å²) in [7, 11) is 0. The number of allylic oxidation sites excluding steroid dienone is 1. The minimum absolute atomic E-state index is 0.220. The van der Waals surface area contributed by atoms with Crippen molar-refractivity contribution in [1.82, 2.24) is 20.4 Å². The van der Waals surface area contributed by atoms with Crippen molar-refractivity contribution in [1.29, 1.82) is 0 Å². The first-order valence-corrected chi connectivity index (χ1v) is 11.8. The Balaban J connectivity index is 1.60. The van der Waals surface area contributed by atoms with Gasteiger partial charge in [0.2, 0.25) is 5.82 Å². The molecule has 0 amide bonds. The van der Waals surface area contributed by atoms with Gasteiger partial charge in [0, 0.05) is 16.3 Å². The number of thiocarbonyl (C=S) groups is 1. The topological polar surface area (TPSA) is 54.2 Å². The molecule has 0 bridgehead atoms. The molecule has 3 aromatic carbocycles. The molecule has 170 valence electrons. The van der Waals surface area contributed by atoms with Crippen LogP contribution in [0.5, 0.6) is 0 Å². The quantitative estimate of drug-likeness (QED) is 0.322. The van der Waals surface area contributed by atoms with Gasteiger partial charge in [0.15, 0.2) is 5.11 Å². The van der Waals surface area contributed by atoms with E-state index in [1.54, 1.807) is 0 Å². The first-order chi connectivity index (χ1) is 16.5. The molecule has 1 unspecified atom stereocenters. The van der Waals surface area contributed by atoms with Gasteiger partial charge < -0.3 is 14.7 Å². The molecule has 0 saturated heterocycles. The second-order valence-electron chi connectivity index (χ2n) is 8.26. The summed E-state index contributed by atoms with van der Waals surface area (Å²) in [6.07, 6.45) is 0. The van der Waals surface area contributed by atoms with Crippen LogP contribution in [0.2, 0.25) is 5.02 Å². The second kappa shape index (κ2) is 9.41. The van der Waals surface area contributed by atoms with Gasteiger partial charge in [0.25, 0.3) is 5.89 Å². The summed E-state index contributed by atoms with van der Waals surface area (Å²) in [6, 6.07) is 25.8. The van der Waals surface area contributed by atoms with Gasteiger partial charge in [-0.3, -0.25) is 0 Å². The van der Waals surface area contributed by atoms with Gasteiger partial charge in [-0.15, -0.1) is 0 Å². The maximum Gasteiger partial charge on any atom is 0.258 e. The maximum atomic E-state index is 6.45. The van der Waals surface area contributed by atoms with E-state index >= 15 is 0 Å². The van der Waals surface area contributed by atoms with E-state index in [1.165, 1.54) is 5.56 Å². The van der Waals surface area contributed by atoms with Crippen molar-refractivity contribution in [2.24, 2.45) is 0 Å². The van der Waals surface area contributed by atoms with E-state index in [9.17, 15) is 0 Å². The molecule has 0 fully saturated rings. The van der Waals surface area contributed by atoms with Crippen molar-refractivity contribution in [3.63, 3.8) is 0 Å². The van der Waals surface area contributed by atoms with Crippen molar-refractivity contribution in [3.8, 4) is 11.4 Å². The zero-order valence-electron chi connectivity index (χ0n) is 18.8. The van der Waals surface area contributed by atoms with Crippen LogP contribution in [0.1, 0.15) is 35.5 Å². The third kappa shape index (κ3) is 4.34. The van der Waals surface area contributed by atoms with Crippen LogP contribution in [0.15, 0.2) is 89.1 Å². The Labute approximate surface area is 209 Å². The molecule has 1 aliphatic rings. The van der Waals surface area contributed by atoms with Crippen LogP contribution in [0.25, 0.3) is 17.0 Å². The van der Waals surface area contributed by atoms with E-state index in [4.69, 9.17) is 33.3 Å². The minimum atomic E-state index is -0.220. The van der Waals surface area contributed by atoms with Gasteiger partial charge in [0.05, 0.1) is 18.2 Å². The highest BCUT2D eigenvalue weighted by molar-refractivity contribution is 7.80. The van der Waals surface area contributed by atoms with E-state index in [-0.39, 0.29) is 6.04 Å². The average Bonchev–Trinajstić information content (AvgIpc) is 3.33. The summed E-state index contributed by atoms with van der Waals surface area (Å²) in [4.78, 5) is 6.80. The lowest BCUT2D eigenvalue weighted by molar-refractivity contribution is 0.396. The summed E-state index contributed by atoms with van der Waals surface area (Å²) >= 11 is 12.2. The summed E-state index contributed by atoms with van der Waals surface area (Å²) in [6.45, 7) is 4.61. The lowest BCUT2D eigenvalue weighted by Crippen LogP contribution is -2.45. The number of nitrogens with zero attached hydrogens (tertiary/aromatic N) is 3. The van der Waals surface area contributed by atoms with Gasteiger partial charge in [-0.05, 0) is 43.3 Å². The Kier molecular flexibility index (Phi) is 6.18. The second-order valence-corrected chi connectivity index (χ2v) is 9.05. The largest absolute Gasteiger partial charge is 0.351 e. The molecule has 0 spiro atoms. The molecule has 4 aromatic rings.